The molecule has 0 amide bonds. The van der Waals surface area contributed by atoms with Crippen molar-refractivity contribution in [2.24, 2.45) is 5.92 Å². The SMILES string of the molecule is CC(C)C(O)COC(=O)c1cc(N)ccc1Br. The molecule has 0 saturated heterocycles. The molecule has 0 aromatic heterocycles. The van der Waals surface area contributed by atoms with Crippen LogP contribution in [0.5, 0.6) is 0 Å². The second kappa shape index (κ2) is 6.02. The Kier molecular flexibility index (Phi) is 4.96. The Morgan fingerprint density at radius 1 is 1.53 bits per heavy atom. The largest absolute Gasteiger partial charge is 0.459 e. The van der Waals surface area contributed by atoms with Crippen molar-refractivity contribution in [2.75, 3.05) is 12.3 Å². The third-order valence-electron chi connectivity index (χ3n) is 2.37. The summed E-state index contributed by atoms with van der Waals surface area (Å²) in [5.41, 5.74) is 6.44. The van der Waals surface area contributed by atoms with Gasteiger partial charge in [-0.25, -0.2) is 4.79 Å². The molecule has 0 fully saturated rings. The number of nitrogen functional groups attached to an aromatic ring is 1. The van der Waals surface area contributed by atoms with Crippen molar-refractivity contribution in [3.05, 3.63) is 28.2 Å². The number of carbonyl (C=O) groups is 1. The van der Waals surface area contributed by atoms with Gasteiger partial charge >= 0.3 is 5.97 Å². The van der Waals surface area contributed by atoms with Gasteiger partial charge in [-0.2, -0.15) is 0 Å². The molecule has 1 aromatic rings. The van der Waals surface area contributed by atoms with E-state index in [0.29, 0.717) is 15.7 Å². The fraction of sp³-hybridized carbons (Fsp3) is 0.417. The van der Waals surface area contributed by atoms with Crippen LogP contribution in [0.25, 0.3) is 0 Å². The zero-order valence-electron chi connectivity index (χ0n) is 9.81. The summed E-state index contributed by atoms with van der Waals surface area (Å²) in [5, 5.41) is 9.53. The Balaban J connectivity index is 2.67. The lowest BCUT2D eigenvalue weighted by atomic mass is 10.1. The Morgan fingerprint density at radius 3 is 2.76 bits per heavy atom. The monoisotopic (exact) mass is 301 g/mol. The summed E-state index contributed by atoms with van der Waals surface area (Å²) < 4.78 is 5.63. The van der Waals surface area contributed by atoms with E-state index in [2.05, 4.69) is 15.9 Å². The molecule has 0 aliphatic rings. The number of hydrogen-bond donors (Lipinski definition) is 2. The lowest BCUT2D eigenvalue weighted by Crippen LogP contribution is -2.23. The van der Waals surface area contributed by atoms with E-state index in [4.69, 9.17) is 10.5 Å². The Labute approximate surface area is 109 Å². The lowest BCUT2D eigenvalue weighted by Gasteiger charge is -2.14. The van der Waals surface area contributed by atoms with Crippen LogP contribution in [0.15, 0.2) is 22.7 Å². The Hall–Kier alpha value is -1.07. The number of aliphatic hydroxyl groups is 1. The summed E-state index contributed by atoms with van der Waals surface area (Å²) in [5.74, 6) is -0.448. The van der Waals surface area contributed by atoms with Crippen LogP contribution in [-0.4, -0.2) is 23.8 Å². The second-order valence-electron chi connectivity index (χ2n) is 4.15. The summed E-state index contributed by atoms with van der Waals surface area (Å²) in [6, 6.07) is 4.91. The molecule has 0 aliphatic carbocycles. The molecule has 3 N–H and O–H groups in total. The number of ether oxygens (including phenoxy) is 1. The molecule has 0 bridgehead atoms. The maximum Gasteiger partial charge on any atom is 0.339 e. The first kappa shape index (κ1) is 14.0. The molecule has 5 heteroatoms. The molecule has 1 aromatic carbocycles. The fourth-order valence-electron chi connectivity index (χ4n) is 1.13. The summed E-state index contributed by atoms with van der Waals surface area (Å²) in [6.45, 7) is 3.70. The highest BCUT2D eigenvalue weighted by Crippen LogP contribution is 2.20. The van der Waals surface area contributed by atoms with E-state index in [1.807, 2.05) is 13.8 Å². The summed E-state index contributed by atoms with van der Waals surface area (Å²) in [7, 11) is 0. The van der Waals surface area contributed by atoms with Gasteiger partial charge in [-0.3, -0.25) is 0 Å². The van der Waals surface area contributed by atoms with Crippen molar-refractivity contribution in [2.45, 2.75) is 20.0 Å². The number of rotatable bonds is 4. The maximum atomic E-state index is 11.7. The molecular formula is C12H16BrNO3. The van der Waals surface area contributed by atoms with Gasteiger partial charge in [0, 0.05) is 10.2 Å². The molecular weight excluding hydrogens is 286 g/mol. The van der Waals surface area contributed by atoms with E-state index in [0.717, 1.165) is 0 Å². The third kappa shape index (κ3) is 4.02. The zero-order valence-corrected chi connectivity index (χ0v) is 11.4. The first-order valence-electron chi connectivity index (χ1n) is 5.32. The fourth-order valence-corrected chi connectivity index (χ4v) is 1.54. The van der Waals surface area contributed by atoms with Crippen LogP contribution in [0.4, 0.5) is 5.69 Å². The number of nitrogens with two attached hydrogens (primary N) is 1. The smallest absolute Gasteiger partial charge is 0.339 e. The Bertz CT molecular complexity index is 407. The minimum atomic E-state index is -0.654. The molecule has 0 aliphatic heterocycles. The summed E-state index contributed by atoms with van der Waals surface area (Å²) in [6.07, 6.45) is -0.654. The maximum absolute atomic E-state index is 11.7. The van der Waals surface area contributed by atoms with Gasteiger partial charge < -0.3 is 15.6 Å². The van der Waals surface area contributed by atoms with Crippen molar-refractivity contribution in [3.63, 3.8) is 0 Å². The molecule has 0 heterocycles. The van der Waals surface area contributed by atoms with Crippen LogP contribution in [0.3, 0.4) is 0 Å². The van der Waals surface area contributed by atoms with E-state index < -0.39 is 12.1 Å². The van der Waals surface area contributed by atoms with Crippen LogP contribution in [0, 0.1) is 5.92 Å². The number of benzene rings is 1. The Morgan fingerprint density at radius 2 is 2.18 bits per heavy atom. The quantitative estimate of drug-likeness (QED) is 0.660. The predicted molar refractivity (Wildman–Crippen MR) is 69.7 cm³/mol. The molecule has 4 nitrogen and oxygen atoms in total. The van der Waals surface area contributed by atoms with Gasteiger partial charge in [0.15, 0.2) is 0 Å². The van der Waals surface area contributed by atoms with E-state index in [1.54, 1.807) is 12.1 Å². The van der Waals surface area contributed by atoms with E-state index in [-0.39, 0.29) is 12.5 Å². The molecule has 0 spiro atoms. The number of carbonyl (C=O) groups excluding carboxylic acids is 1. The molecule has 1 atom stereocenters. The van der Waals surface area contributed by atoms with Gasteiger partial charge in [-0.05, 0) is 40.0 Å². The van der Waals surface area contributed by atoms with E-state index >= 15 is 0 Å². The van der Waals surface area contributed by atoms with E-state index in [9.17, 15) is 9.90 Å². The van der Waals surface area contributed by atoms with Gasteiger partial charge in [0.2, 0.25) is 0 Å². The van der Waals surface area contributed by atoms with Crippen molar-refractivity contribution in [1.29, 1.82) is 0 Å². The molecule has 94 valence electrons. The van der Waals surface area contributed by atoms with Gasteiger partial charge in [0.05, 0.1) is 11.7 Å². The number of aliphatic hydroxyl groups excluding tert-OH is 1. The van der Waals surface area contributed by atoms with Crippen molar-refractivity contribution in [1.82, 2.24) is 0 Å². The average molecular weight is 302 g/mol. The third-order valence-corrected chi connectivity index (χ3v) is 3.06. The lowest BCUT2D eigenvalue weighted by molar-refractivity contribution is 0.0136. The van der Waals surface area contributed by atoms with Gasteiger partial charge in [-0.1, -0.05) is 13.8 Å². The van der Waals surface area contributed by atoms with Gasteiger partial charge in [0.25, 0.3) is 0 Å². The number of hydrogen-bond acceptors (Lipinski definition) is 4. The van der Waals surface area contributed by atoms with Gasteiger partial charge in [0.1, 0.15) is 6.61 Å². The standard InChI is InChI=1S/C12H16BrNO3/c1-7(2)11(15)6-17-12(16)9-5-8(14)3-4-10(9)13/h3-5,7,11,15H,6,14H2,1-2H3. The first-order chi connectivity index (χ1) is 7.91. The molecule has 0 saturated carbocycles. The molecule has 0 radical (unpaired) electrons. The van der Waals surface area contributed by atoms with Crippen LogP contribution in [0.1, 0.15) is 24.2 Å². The normalized spacial score (nSPS) is 12.5. The van der Waals surface area contributed by atoms with Crippen LogP contribution < -0.4 is 5.73 Å². The van der Waals surface area contributed by atoms with Gasteiger partial charge in [-0.15, -0.1) is 0 Å². The van der Waals surface area contributed by atoms with Crippen molar-refractivity contribution >= 4 is 27.6 Å². The topological polar surface area (TPSA) is 72.5 Å². The van der Waals surface area contributed by atoms with E-state index in [1.165, 1.54) is 6.07 Å². The van der Waals surface area contributed by atoms with Crippen LogP contribution in [0.2, 0.25) is 0 Å². The zero-order chi connectivity index (χ0) is 13.0. The average Bonchev–Trinajstić information content (AvgIpc) is 2.28. The number of esters is 1. The van der Waals surface area contributed by atoms with Crippen molar-refractivity contribution < 1.29 is 14.6 Å². The van der Waals surface area contributed by atoms with Crippen LogP contribution >= 0.6 is 15.9 Å². The predicted octanol–water partition coefficient (Wildman–Crippen LogP) is 2.21. The summed E-state index contributed by atoms with van der Waals surface area (Å²) >= 11 is 3.25. The minimum absolute atomic E-state index is 0.0161. The minimum Gasteiger partial charge on any atom is -0.459 e. The number of anilines is 1. The molecule has 1 unspecified atom stereocenters. The van der Waals surface area contributed by atoms with Crippen molar-refractivity contribution in [3.8, 4) is 0 Å². The highest BCUT2D eigenvalue weighted by molar-refractivity contribution is 9.10. The number of halogens is 1. The van der Waals surface area contributed by atoms with Crippen LogP contribution in [-0.2, 0) is 4.74 Å². The summed E-state index contributed by atoms with van der Waals surface area (Å²) in [4.78, 5) is 11.7. The molecule has 1 rings (SSSR count). The highest BCUT2D eigenvalue weighted by Gasteiger charge is 2.15. The molecule has 17 heavy (non-hydrogen) atoms. The highest BCUT2D eigenvalue weighted by atomic mass is 79.9. The first-order valence-corrected chi connectivity index (χ1v) is 6.11. The second-order valence-corrected chi connectivity index (χ2v) is 5.00.